The fourth-order valence-electron chi connectivity index (χ4n) is 2.58. The molecule has 0 radical (unpaired) electrons. The molecule has 146 valence electrons. The van der Waals surface area contributed by atoms with E-state index in [1.807, 2.05) is 34.9 Å². The zero-order valence-corrected chi connectivity index (χ0v) is 17.7. The first-order valence-corrected chi connectivity index (χ1v) is 10.7. The molecule has 0 unspecified atom stereocenters. The van der Waals surface area contributed by atoms with Crippen molar-refractivity contribution in [2.24, 2.45) is 0 Å². The molecule has 0 aliphatic rings. The van der Waals surface area contributed by atoms with Crippen LogP contribution in [-0.2, 0) is 6.54 Å². The number of unbranched alkanes of at least 4 members (excludes halogenated alkanes) is 1. The molecule has 1 amide bonds. The molecule has 8 heteroatoms. The Labute approximate surface area is 178 Å². The Balaban J connectivity index is 1.81. The Morgan fingerprint density at radius 3 is 2.68 bits per heavy atom. The van der Waals surface area contributed by atoms with Gasteiger partial charge >= 0.3 is 0 Å². The monoisotopic (exact) mass is 434 g/mol. The van der Waals surface area contributed by atoms with Gasteiger partial charge in [0.1, 0.15) is 0 Å². The summed E-state index contributed by atoms with van der Waals surface area (Å²) < 4.78 is 1.97. The number of amides is 1. The van der Waals surface area contributed by atoms with Gasteiger partial charge in [0.15, 0.2) is 11.0 Å². The van der Waals surface area contributed by atoms with E-state index in [-0.39, 0.29) is 12.5 Å². The lowest BCUT2D eigenvalue weighted by atomic mass is 10.2. The second-order valence-electron chi connectivity index (χ2n) is 6.08. The van der Waals surface area contributed by atoms with Crippen LogP contribution < -0.4 is 5.32 Å². The topological polar surface area (TPSA) is 59.8 Å². The van der Waals surface area contributed by atoms with Crippen molar-refractivity contribution in [2.45, 2.75) is 31.5 Å². The third-order valence-electron chi connectivity index (χ3n) is 4.02. The van der Waals surface area contributed by atoms with Crippen molar-refractivity contribution in [1.82, 2.24) is 20.1 Å². The third-order valence-corrected chi connectivity index (χ3v) is 5.60. The molecule has 3 rings (SSSR count). The van der Waals surface area contributed by atoms with Gasteiger partial charge < -0.3 is 5.32 Å². The Kier molecular flexibility index (Phi) is 7.36. The van der Waals surface area contributed by atoms with E-state index < -0.39 is 0 Å². The van der Waals surface area contributed by atoms with Crippen molar-refractivity contribution < 1.29 is 4.79 Å². The lowest BCUT2D eigenvalue weighted by Gasteiger charge is -2.11. The van der Waals surface area contributed by atoms with Crippen LogP contribution in [0.15, 0.2) is 53.7 Å². The number of thioether (sulfide) groups is 1. The summed E-state index contributed by atoms with van der Waals surface area (Å²) in [6, 6.07) is 14.7. The predicted molar refractivity (Wildman–Crippen MR) is 115 cm³/mol. The highest BCUT2D eigenvalue weighted by atomic mass is 35.5. The van der Waals surface area contributed by atoms with Crippen molar-refractivity contribution in [2.75, 3.05) is 5.75 Å². The van der Waals surface area contributed by atoms with E-state index in [9.17, 15) is 4.79 Å². The number of nitrogens with zero attached hydrogens (tertiary/aromatic N) is 3. The van der Waals surface area contributed by atoms with Gasteiger partial charge in [-0.15, -0.1) is 10.2 Å². The summed E-state index contributed by atoms with van der Waals surface area (Å²) in [5, 5.41) is 13.1. The number of hydrogen-bond donors (Lipinski definition) is 1. The minimum absolute atomic E-state index is 0.220. The average molecular weight is 435 g/mol. The van der Waals surface area contributed by atoms with E-state index in [0.717, 1.165) is 29.4 Å². The zero-order chi connectivity index (χ0) is 19.9. The number of nitrogens with one attached hydrogen (secondary N) is 1. The molecule has 1 aromatic heterocycles. The minimum Gasteiger partial charge on any atom is -0.345 e. The van der Waals surface area contributed by atoms with Crippen molar-refractivity contribution >= 4 is 40.9 Å². The summed E-state index contributed by atoms with van der Waals surface area (Å²) in [5.41, 5.74) is 1.29. The van der Waals surface area contributed by atoms with Crippen LogP contribution in [0.25, 0.3) is 5.69 Å². The average Bonchev–Trinajstić information content (AvgIpc) is 3.11. The first-order valence-electron chi connectivity index (χ1n) is 8.96. The van der Waals surface area contributed by atoms with Crippen LogP contribution >= 0.6 is 35.0 Å². The van der Waals surface area contributed by atoms with E-state index in [4.69, 9.17) is 23.2 Å². The molecule has 0 fully saturated rings. The Morgan fingerprint density at radius 2 is 1.93 bits per heavy atom. The van der Waals surface area contributed by atoms with Crippen LogP contribution in [-0.4, -0.2) is 26.4 Å². The van der Waals surface area contributed by atoms with Gasteiger partial charge in [-0.2, -0.15) is 0 Å². The first kappa shape index (κ1) is 20.7. The van der Waals surface area contributed by atoms with Gasteiger partial charge in [0.2, 0.25) is 0 Å². The number of halogens is 2. The number of carbonyl (C=O) groups is 1. The number of benzene rings is 2. The summed E-state index contributed by atoms with van der Waals surface area (Å²) >= 11 is 13.8. The lowest BCUT2D eigenvalue weighted by Crippen LogP contribution is -2.25. The van der Waals surface area contributed by atoms with Crippen molar-refractivity contribution in [3.05, 3.63) is 70.0 Å². The zero-order valence-electron chi connectivity index (χ0n) is 15.4. The molecular weight excluding hydrogens is 415 g/mol. The fourth-order valence-corrected chi connectivity index (χ4v) is 4.01. The fraction of sp³-hybridized carbons (Fsp3) is 0.250. The molecule has 0 aliphatic carbocycles. The molecule has 1 N–H and O–H groups in total. The molecule has 5 nitrogen and oxygen atoms in total. The van der Waals surface area contributed by atoms with E-state index in [1.165, 1.54) is 0 Å². The van der Waals surface area contributed by atoms with E-state index in [2.05, 4.69) is 22.4 Å². The quantitative estimate of drug-likeness (QED) is 0.380. The molecule has 0 bridgehead atoms. The Bertz CT molecular complexity index is 947. The molecular formula is C20H20Cl2N4OS. The van der Waals surface area contributed by atoms with Crippen LogP contribution in [0, 0.1) is 0 Å². The van der Waals surface area contributed by atoms with Gasteiger partial charge in [-0.1, -0.05) is 66.5 Å². The third kappa shape index (κ3) is 5.07. The number of rotatable bonds is 8. The molecule has 1 heterocycles. The van der Waals surface area contributed by atoms with E-state index in [1.54, 1.807) is 30.0 Å². The van der Waals surface area contributed by atoms with Crippen LogP contribution in [0.5, 0.6) is 0 Å². The van der Waals surface area contributed by atoms with Crippen molar-refractivity contribution in [3.8, 4) is 5.69 Å². The maximum Gasteiger partial charge on any atom is 0.253 e. The summed E-state index contributed by atoms with van der Waals surface area (Å²) in [5.74, 6) is 1.30. The summed E-state index contributed by atoms with van der Waals surface area (Å²) in [6.07, 6.45) is 2.22. The predicted octanol–water partition coefficient (Wildman–Crippen LogP) is 5.40. The highest BCUT2D eigenvalue weighted by Gasteiger charge is 2.16. The van der Waals surface area contributed by atoms with Crippen LogP contribution in [0.2, 0.25) is 10.0 Å². The molecule has 0 atom stereocenters. The molecule has 3 aromatic rings. The Hall–Kier alpha value is -2.02. The summed E-state index contributed by atoms with van der Waals surface area (Å²) in [4.78, 5) is 12.5. The van der Waals surface area contributed by atoms with Gasteiger partial charge in [0.25, 0.3) is 5.91 Å². The van der Waals surface area contributed by atoms with Gasteiger partial charge in [-0.25, -0.2) is 0 Å². The van der Waals surface area contributed by atoms with E-state index in [0.29, 0.717) is 21.4 Å². The number of carbonyl (C=O) groups excluding carboxylic acids is 1. The van der Waals surface area contributed by atoms with Crippen LogP contribution in [0.3, 0.4) is 0 Å². The minimum atomic E-state index is -0.310. The van der Waals surface area contributed by atoms with Crippen molar-refractivity contribution in [1.29, 1.82) is 0 Å². The summed E-state index contributed by atoms with van der Waals surface area (Å²) in [6.45, 7) is 2.38. The highest BCUT2D eigenvalue weighted by molar-refractivity contribution is 7.99. The van der Waals surface area contributed by atoms with Gasteiger partial charge in [0.05, 0.1) is 17.1 Å². The SMILES string of the molecule is CCCCSc1nnc(CNC(=O)c2cc(Cl)ccc2Cl)n1-c1ccccc1. The molecule has 0 saturated carbocycles. The molecule has 28 heavy (non-hydrogen) atoms. The van der Waals surface area contributed by atoms with Gasteiger partial charge in [-0.3, -0.25) is 9.36 Å². The maximum atomic E-state index is 12.5. The first-order chi connectivity index (χ1) is 13.6. The smallest absolute Gasteiger partial charge is 0.253 e. The number of hydrogen-bond acceptors (Lipinski definition) is 4. The lowest BCUT2D eigenvalue weighted by molar-refractivity contribution is 0.0950. The molecule has 0 aliphatic heterocycles. The van der Waals surface area contributed by atoms with Crippen LogP contribution in [0.1, 0.15) is 35.9 Å². The second kappa shape index (κ2) is 9.96. The molecule has 0 saturated heterocycles. The second-order valence-corrected chi connectivity index (χ2v) is 7.98. The van der Waals surface area contributed by atoms with Gasteiger partial charge in [0, 0.05) is 16.5 Å². The largest absolute Gasteiger partial charge is 0.345 e. The van der Waals surface area contributed by atoms with Crippen LogP contribution in [0.4, 0.5) is 0 Å². The molecule has 2 aromatic carbocycles. The number of para-hydroxylation sites is 1. The standard InChI is InChI=1S/C20H20Cl2N4OS/c1-2-3-11-28-20-25-24-18(26(20)15-7-5-4-6-8-15)13-23-19(27)16-12-14(21)9-10-17(16)22/h4-10,12H,2-3,11,13H2,1H3,(H,23,27). The number of aromatic nitrogens is 3. The van der Waals surface area contributed by atoms with Gasteiger partial charge in [-0.05, 0) is 36.8 Å². The molecule has 0 spiro atoms. The highest BCUT2D eigenvalue weighted by Crippen LogP contribution is 2.24. The maximum absolute atomic E-state index is 12.5. The van der Waals surface area contributed by atoms with Crippen molar-refractivity contribution in [3.63, 3.8) is 0 Å². The Morgan fingerprint density at radius 1 is 1.14 bits per heavy atom. The van der Waals surface area contributed by atoms with E-state index >= 15 is 0 Å². The normalized spacial score (nSPS) is 10.8. The summed E-state index contributed by atoms with van der Waals surface area (Å²) in [7, 11) is 0.